The SMILES string of the molecule is CC[C@H](NC(=O)c1ccc(Cn2ccnc2C)cc1)c1ccc(OC)cc1. The molecular formula is C22H25N3O2. The van der Waals surface area contributed by atoms with Crippen molar-refractivity contribution in [3.05, 3.63) is 83.4 Å². The van der Waals surface area contributed by atoms with Crippen LogP contribution in [0.15, 0.2) is 60.9 Å². The minimum Gasteiger partial charge on any atom is -0.497 e. The molecule has 0 radical (unpaired) electrons. The van der Waals surface area contributed by atoms with E-state index in [0.717, 1.165) is 35.7 Å². The summed E-state index contributed by atoms with van der Waals surface area (Å²) in [5, 5.41) is 3.12. The van der Waals surface area contributed by atoms with Crippen LogP contribution >= 0.6 is 0 Å². The Hall–Kier alpha value is -3.08. The summed E-state index contributed by atoms with van der Waals surface area (Å²) in [5.74, 6) is 1.72. The van der Waals surface area contributed by atoms with E-state index in [4.69, 9.17) is 4.74 Å². The number of nitrogens with one attached hydrogen (secondary N) is 1. The number of rotatable bonds is 7. The molecule has 1 amide bonds. The van der Waals surface area contributed by atoms with Gasteiger partial charge in [0.15, 0.2) is 0 Å². The molecule has 0 spiro atoms. The van der Waals surface area contributed by atoms with Crippen molar-refractivity contribution in [1.82, 2.24) is 14.9 Å². The lowest BCUT2D eigenvalue weighted by Gasteiger charge is -2.18. The highest BCUT2D eigenvalue weighted by Crippen LogP contribution is 2.20. The van der Waals surface area contributed by atoms with Gasteiger partial charge in [0.05, 0.1) is 13.2 Å². The van der Waals surface area contributed by atoms with Gasteiger partial charge in [-0.15, -0.1) is 0 Å². The number of imidazole rings is 1. The van der Waals surface area contributed by atoms with Crippen LogP contribution < -0.4 is 10.1 Å². The third-order valence-electron chi connectivity index (χ3n) is 4.72. The molecule has 1 N–H and O–H groups in total. The molecule has 1 aromatic heterocycles. The number of hydrogen-bond donors (Lipinski definition) is 1. The number of aryl methyl sites for hydroxylation is 1. The summed E-state index contributed by atoms with van der Waals surface area (Å²) in [6.45, 7) is 4.79. The molecule has 3 aromatic rings. The van der Waals surface area contributed by atoms with Crippen molar-refractivity contribution in [2.24, 2.45) is 0 Å². The van der Waals surface area contributed by atoms with Crippen LogP contribution in [0.5, 0.6) is 5.75 Å². The number of nitrogens with zero attached hydrogens (tertiary/aromatic N) is 2. The molecule has 0 aliphatic carbocycles. The first kappa shape index (κ1) is 18.7. The zero-order chi connectivity index (χ0) is 19.2. The minimum atomic E-state index is -0.0666. The summed E-state index contributed by atoms with van der Waals surface area (Å²) >= 11 is 0. The first-order valence-electron chi connectivity index (χ1n) is 9.12. The van der Waals surface area contributed by atoms with E-state index < -0.39 is 0 Å². The Balaban J connectivity index is 1.66. The van der Waals surface area contributed by atoms with Gasteiger partial charge in [-0.3, -0.25) is 4.79 Å². The topological polar surface area (TPSA) is 56.2 Å². The Bertz CT molecular complexity index is 883. The lowest BCUT2D eigenvalue weighted by molar-refractivity contribution is 0.0935. The normalized spacial score (nSPS) is 11.8. The molecular weight excluding hydrogens is 338 g/mol. The Morgan fingerprint density at radius 2 is 1.85 bits per heavy atom. The van der Waals surface area contributed by atoms with Gasteiger partial charge in [-0.05, 0) is 48.7 Å². The highest BCUT2D eigenvalue weighted by molar-refractivity contribution is 5.94. The van der Waals surface area contributed by atoms with Crippen molar-refractivity contribution in [3.8, 4) is 5.75 Å². The van der Waals surface area contributed by atoms with E-state index in [1.807, 2.05) is 61.7 Å². The predicted molar refractivity (Wildman–Crippen MR) is 106 cm³/mol. The van der Waals surface area contributed by atoms with E-state index in [2.05, 4.69) is 21.8 Å². The molecule has 140 valence electrons. The smallest absolute Gasteiger partial charge is 0.251 e. The summed E-state index contributed by atoms with van der Waals surface area (Å²) in [7, 11) is 1.64. The Kier molecular flexibility index (Phi) is 5.91. The number of aromatic nitrogens is 2. The molecule has 3 rings (SSSR count). The summed E-state index contributed by atoms with van der Waals surface area (Å²) in [4.78, 5) is 16.9. The fourth-order valence-electron chi connectivity index (χ4n) is 3.03. The first-order valence-corrected chi connectivity index (χ1v) is 9.12. The summed E-state index contributed by atoms with van der Waals surface area (Å²) in [6.07, 6.45) is 4.56. The van der Waals surface area contributed by atoms with Gasteiger partial charge in [-0.2, -0.15) is 0 Å². The Morgan fingerprint density at radius 3 is 2.41 bits per heavy atom. The number of benzene rings is 2. The maximum absolute atomic E-state index is 12.6. The van der Waals surface area contributed by atoms with Crippen molar-refractivity contribution in [1.29, 1.82) is 0 Å². The van der Waals surface area contributed by atoms with Gasteiger partial charge in [0.25, 0.3) is 5.91 Å². The van der Waals surface area contributed by atoms with Crippen LogP contribution in [-0.2, 0) is 6.54 Å². The van der Waals surface area contributed by atoms with Crippen LogP contribution in [-0.4, -0.2) is 22.6 Å². The number of carbonyl (C=O) groups excluding carboxylic acids is 1. The average Bonchev–Trinajstić information content (AvgIpc) is 3.11. The van der Waals surface area contributed by atoms with E-state index in [1.165, 1.54) is 0 Å². The summed E-state index contributed by atoms with van der Waals surface area (Å²) < 4.78 is 7.27. The average molecular weight is 363 g/mol. The minimum absolute atomic E-state index is 0.0309. The number of ether oxygens (including phenoxy) is 1. The second-order valence-corrected chi connectivity index (χ2v) is 6.51. The number of methoxy groups -OCH3 is 1. The zero-order valence-corrected chi connectivity index (χ0v) is 16.0. The van der Waals surface area contributed by atoms with Gasteiger partial charge in [0.1, 0.15) is 11.6 Å². The molecule has 0 saturated carbocycles. The van der Waals surface area contributed by atoms with E-state index in [9.17, 15) is 4.79 Å². The predicted octanol–water partition coefficient (Wildman–Crippen LogP) is 4.13. The van der Waals surface area contributed by atoms with Crippen LogP contribution in [0, 0.1) is 6.92 Å². The van der Waals surface area contributed by atoms with Gasteiger partial charge < -0.3 is 14.6 Å². The number of hydrogen-bond acceptors (Lipinski definition) is 3. The zero-order valence-electron chi connectivity index (χ0n) is 16.0. The van der Waals surface area contributed by atoms with Crippen LogP contribution in [0.2, 0.25) is 0 Å². The van der Waals surface area contributed by atoms with Crippen molar-refractivity contribution in [2.45, 2.75) is 32.9 Å². The molecule has 5 heteroatoms. The quantitative estimate of drug-likeness (QED) is 0.687. The maximum atomic E-state index is 12.6. The van der Waals surface area contributed by atoms with Crippen molar-refractivity contribution >= 4 is 5.91 Å². The summed E-state index contributed by atoms with van der Waals surface area (Å²) in [6, 6.07) is 15.5. The molecule has 0 aliphatic heterocycles. The molecule has 5 nitrogen and oxygen atoms in total. The molecule has 27 heavy (non-hydrogen) atoms. The maximum Gasteiger partial charge on any atom is 0.251 e. The Morgan fingerprint density at radius 1 is 1.15 bits per heavy atom. The van der Waals surface area contributed by atoms with Gasteiger partial charge in [-0.1, -0.05) is 31.2 Å². The fourth-order valence-corrected chi connectivity index (χ4v) is 3.03. The Labute approximate surface area is 160 Å². The largest absolute Gasteiger partial charge is 0.497 e. The van der Waals surface area contributed by atoms with Gasteiger partial charge in [0, 0.05) is 24.5 Å². The van der Waals surface area contributed by atoms with Gasteiger partial charge in [0.2, 0.25) is 0 Å². The molecule has 0 unspecified atom stereocenters. The highest BCUT2D eigenvalue weighted by atomic mass is 16.5. The van der Waals surface area contributed by atoms with E-state index in [1.54, 1.807) is 13.3 Å². The van der Waals surface area contributed by atoms with Crippen molar-refractivity contribution in [2.75, 3.05) is 7.11 Å². The third kappa shape index (κ3) is 4.56. The van der Waals surface area contributed by atoms with Crippen LogP contribution in [0.1, 0.15) is 46.7 Å². The van der Waals surface area contributed by atoms with Gasteiger partial charge in [-0.25, -0.2) is 4.98 Å². The second-order valence-electron chi connectivity index (χ2n) is 6.51. The first-order chi connectivity index (χ1) is 13.1. The molecule has 0 saturated heterocycles. The highest BCUT2D eigenvalue weighted by Gasteiger charge is 2.14. The third-order valence-corrected chi connectivity index (χ3v) is 4.72. The van der Waals surface area contributed by atoms with Crippen molar-refractivity contribution < 1.29 is 9.53 Å². The molecule has 1 heterocycles. The molecule has 0 bridgehead atoms. The number of carbonyl (C=O) groups is 1. The fraction of sp³-hybridized carbons (Fsp3) is 0.273. The lowest BCUT2D eigenvalue weighted by atomic mass is 10.0. The second kappa shape index (κ2) is 8.54. The van der Waals surface area contributed by atoms with E-state index in [-0.39, 0.29) is 11.9 Å². The standard InChI is InChI=1S/C22H25N3O2/c1-4-21(18-9-11-20(27-3)12-10-18)24-22(26)19-7-5-17(6-8-19)15-25-14-13-23-16(25)2/h5-14,21H,4,15H2,1-3H3,(H,24,26)/t21-/m0/s1. The lowest BCUT2D eigenvalue weighted by Crippen LogP contribution is -2.28. The van der Waals surface area contributed by atoms with E-state index in [0.29, 0.717) is 5.56 Å². The van der Waals surface area contributed by atoms with Crippen LogP contribution in [0.25, 0.3) is 0 Å². The number of amides is 1. The van der Waals surface area contributed by atoms with Crippen LogP contribution in [0.4, 0.5) is 0 Å². The van der Waals surface area contributed by atoms with Gasteiger partial charge >= 0.3 is 0 Å². The molecule has 2 aromatic carbocycles. The van der Waals surface area contributed by atoms with Crippen molar-refractivity contribution in [3.63, 3.8) is 0 Å². The van der Waals surface area contributed by atoms with E-state index >= 15 is 0 Å². The van der Waals surface area contributed by atoms with Crippen LogP contribution in [0.3, 0.4) is 0 Å². The summed E-state index contributed by atoms with van der Waals surface area (Å²) in [5.41, 5.74) is 2.86. The monoisotopic (exact) mass is 363 g/mol. The molecule has 0 aliphatic rings. The molecule has 1 atom stereocenters. The molecule has 0 fully saturated rings.